The summed E-state index contributed by atoms with van der Waals surface area (Å²) in [7, 11) is 1.75. The lowest BCUT2D eigenvalue weighted by molar-refractivity contribution is 0.626. The third-order valence-corrected chi connectivity index (χ3v) is 2.52. The normalized spacial score (nSPS) is 15.1. The lowest BCUT2D eigenvalue weighted by atomic mass is 10.2. The number of hydrogen-bond donors (Lipinski definition) is 2. The Morgan fingerprint density at radius 2 is 2.00 bits per heavy atom. The highest BCUT2D eigenvalue weighted by molar-refractivity contribution is 14.0. The van der Waals surface area contributed by atoms with Crippen LogP contribution in [0.25, 0.3) is 0 Å². The molecule has 0 aliphatic heterocycles. The minimum Gasteiger partial charge on any atom is -0.354 e. The van der Waals surface area contributed by atoms with Gasteiger partial charge in [-0.15, -0.1) is 24.0 Å². The van der Waals surface area contributed by atoms with Crippen molar-refractivity contribution in [2.75, 3.05) is 7.05 Å². The molecule has 0 spiro atoms. The fraction of sp³-hybridized carbons (Fsp3) is 0.417. The number of hydrogen-bond acceptors (Lipinski definition) is 1. The molecule has 2 rings (SSSR count). The van der Waals surface area contributed by atoms with E-state index >= 15 is 0 Å². The second-order valence-corrected chi connectivity index (χ2v) is 3.97. The summed E-state index contributed by atoms with van der Waals surface area (Å²) >= 11 is 0. The Morgan fingerprint density at radius 1 is 1.35 bits per heavy atom. The zero-order chi connectivity index (χ0) is 11.4. The molecule has 17 heavy (non-hydrogen) atoms. The number of halogens is 2. The Hall–Kier alpha value is -0.850. The predicted octanol–water partition coefficient (Wildman–Crippen LogP) is 2.27. The number of nitrogens with zero attached hydrogens (tertiary/aromatic N) is 1. The van der Waals surface area contributed by atoms with Gasteiger partial charge in [-0.2, -0.15) is 0 Å². The Bertz CT molecular complexity index is 374. The van der Waals surface area contributed by atoms with Crippen LogP contribution in [0.3, 0.4) is 0 Å². The van der Waals surface area contributed by atoms with Crippen molar-refractivity contribution >= 4 is 29.9 Å². The standard InChI is InChI=1S/C12H16FN3.HI/c1-14-12(16-11-6-7-11)15-8-9-2-4-10(13)5-3-9;/h2-5,11H,6-8H2,1H3,(H2,14,15,16);1H. The molecule has 94 valence electrons. The maximum absolute atomic E-state index is 12.7. The summed E-state index contributed by atoms with van der Waals surface area (Å²) in [6.45, 7) is 0.659. The lowest BCUT2D eigenvalue weighted by Gasteiger charge is -2.10. The molecule has 3 nitrogen and oxygen atoms in total. The number of guanidine groups is 1. The SMILES string of the molecule is CN=C(NCc1ccc(F)cc1)NC1CC1.I. The molecule has 0 amide bonds. The number of aliphatic imine (C=N–C) groups is 1. The molecule has 1 fully saturated rings. The largest absolute Gasteiger partial charge is 0.354 e. The minimum atomic E-state index is -0.204. The first-order chi connectivity index (χ1) is 7.78. The number of nitrogens with one attached hydrogen (secondary N) is 2. The first-order valence-electron chi connectivity index (χ1n) is 5.49. The first kappa shape index (κ1) is 14.2. The molecule has 1 aliphatic carbocycles. The number of rotatable bonds is 3. The summed E-state index contributed by atoms with van der Waals surface area (Å²) in [6.07, 6.45) is 2.44. The fourth-order valence-corrected chi connectivity index (χ4v) is 1.40. The Labute approximate surface area is 118 Å². The van der Waals surface area contributed by atoms with E-state index in [0.29, 0.717) is 12.6 Å². The molecule has 0 heterocycles. The van der Waals surface area contributed by atoms with Crippen molar-refractivity contribution in [2.45, 2.75) is 25.4 Å². The van der Waals surface area contributed by atoms with Gasteiger partial charge in [-0.25, -0.2) is 4.39 Å². The molecule has 1 aromatic carbocycles. The molecule has 1 aliphatic rings. The van der Waals surface area contributed by atoms with Crippen molar-refractivity contribution < 1.29 is 4.39 Å². The summed E-state index contributed by atoms with van der Waals surface area (Å²) in [4.78, 5) is 4.12. The summed E-state index contributed by atoms with van der Waals surface area (Å²) < 4.78 is 12.7. The van der Waals surface area contributed by atoms with E-state index < -0.39 is 0 Å². The van der Waals surface area contributed by atoms with Gasteiger partial charge in [0.2, 0.25) is 0 Å². The maximum Gasteiger partial charge on any atom is 0.191 e. The monoisotopic (exact) mass is 349 g/mol. The quantitative estimate of drug-likeness (QED) is 0.499. The Kier molecular flexibility index (Phi) is 5.67. The van der Waals surface area contributed by atoms with Crippen LogP contribution in [0.1, 0.15) is 18.4 Å². The van der Waals surface area contributed by atoms with E-state index in [1.165, 1.54) is 25.0 Å². The van der Waals surface area contributed by atoms with Gasteiger partial charge in [0.1, 0.15) is 5.82 Å². The maximum atomic E-state index is 12.7. The van der Waals surface area contributed by atoms with Crippen LogP contribution in [0.5, 0.6) is 0 Å². The summed E-state index contributed by atoms with van der Waals surface area (Å²) in [6, 6.07) is 7.06. The smallest absolute Gasteiger partial charge is 0.191 e. The van der Waals surface area contributed by atoms with Crippen LogP contribution in [-0.2, 0) is 6.54 Å². The van der Waals surface area contributed by atoms with E-state index in [1.807, 2.05) is 0 Å². The van der Waals surface area contributed by atoms with Gasteiger partial charge in [0, 0.05) is 19.6 Å². The van der Waals surface area contributed by atoms with Gasteiger partial charge in [-0.05, 0) is 30.5 Å². The second kappa shape index (κ2) is 6.78. The molecule has 1 saturated carbocycles. The highest BCUT2D eigenvalue weighted by Gasteiger charge is 2.21. The highest BCUT2D eigenvalue weighted by Crippen LogP contribution is 2.18. The van der Waals surface area contributed by atoms with E-state index in [0.717, 1.165) is 11.5 Å². The van der Waals surface area contributed by atoms with Crippen molar-refractivity contribution in [1.29, 1.82) is 0 Å². The molecule has 0 atom stereocenters. The van der Waals surface area contributed by atoms with E-state index in [9.17, 15) is 4.39 Å². The summed E-state index contributed by atoms with van der Waals surface area (Å²) in [5.74, 6) is 0.607. The van der Waals surface area contributed by atoms with Gasteiger partial charge in [-0.3, -0.25) is 4.99 Å². The number of benzene rings is 1. The highest BCUT2D eigenvalue weighted by atomic mass is 127. The fourth-order valence-electron chi connectivity index (χ4n) is 1.40. The molecule has 0 aromatic heterocycles. The summed E-state index contributed by atoms with van der Waals surface area (Å²) in [5.41, 5.74) is 1.04. The van der Waals surface area contributed by atoms with Gasteiger partial charge < -0.3 is 10.6 Å². The molecule has 5 heteroatoms. The molecule has 2 N–H and O–H groups in total. The van der Waals surface area contributed by atoms with Crippen LogP contribution in [0.2, 0.25) is 0 Å². The Balaban J connectivity index is 0.00000144. The molecular formula is C12H17FIN3. The average molecular weight is 349 g/mol. The topological polar surface area (TPSA) is 36.4 Å². The van der Waals surface area contributed by atoms with Crippen molar-refractivity contribution in [3.8, 4) is 0 Å². The van der Waals surface area contributed by atoms with Crippen LogP contribution in [0, 0.1) is 5.82 Å². The molecule has 0 radical (unpaired) electrons. The zero-order valence-corrected chi connectivity index (χ0v) is 12.1. The van der Waals surface area contributed by atoms with Crippen LogP contribution in [-0.4, -0.2) is 19.0 Å². The van der Waals surface area contributed by atoms with Crippen LogP contribution < -0.4 is 10.6 Å². The van der Waals surface area contributed by atoms with Crippen LogP contribution >= 0.6 is 24.0 Å². The molecule has 0 unspecified atom stereocenters. The van der Waals surface area contributed by atoms with Crippen molar-refractivity contribution in [3.63, 3.8) is 0 Å². The third kappa shape index (κ3) is 4.89. The van der Waals surface area contributed by atoms with E-state index in [-0.39, 0.29) is 29.8 Å². The van der Waals surface area contributed by atoms with Gasteiger partial charge >= 0.3 is 0 Å². The van der Waals surface area contributed by atoms with Gasteiger partial charge in [0.05, 0.1) is 0 Å². The first-order valence-corrected chi connectivity index (χ1v) is 5.49. The van der Waals surface area contributed by atoms with Crippen LogP contribution in [0.15, 0.2) is 29.3 Å². The van der Waals surface area contributed by atoms with Crippen molar-refractivity contribution in [2.24, 2.45) is 4.99 Å². The van der Waals surface area contributed by atoms with Gasteiger partial charge in [0.25, 0.3) is 0 Å². The molecule has 0 bridgehead atoms. The Morgan fingerprint density at radius 3 is 2.53 bits per heavy atom. The zero-order valence-electron chi connectivity index (χ0n) is 9.74. The summed E-state index contributed by atoms with van der Waals surface area (Å²) in [5, 5.41) is 6.48. The van der Waals surface area contributed by atoms with Crippen molar-refractivity contribution in [1.82, 2.24) is 10.6 Å². The van der Waals surface area contributed by atoms with E-state index in [2.05, 4.69) is 15.6 Å². The van der Waals surface area contributed by atoms with Gasteiger partial charge in [0.15, 0.2) is 5.96 Å². The predicted molar refractivity (Wildman–Crippen MR) is 78.2 cm³/mol. The average Bonchev–Trinajstić information content (AvgIpc) is 3.10. The third-order valence-electron chi connectivity index (χ3n) is 2.52. The lowest BCUT2D eigenvalue weighted by Crippen LogP contribution is -2.38. The molecule has 0 saturated heterocycles. The minimum absolute atomic E-state index is 0. The van der Waals surface area contributed by atoms with Crippen molar-refractivity contribution in [3.05, 3.63) is 35.6 Å². The van der Waals surface area contributed by atoms with E-state index in [4.69, 9.17) is 0 Å². The molecule has 1 aromatic rings. The van der Waals surface area contributed by atoms with Crippen LogP contribution in [0.4, 0.5) is 4.39 Å². The van der Waals surface area contributed by atoms with E-state index in [1.54, 1.807) is 19.2 Å². The second-order valence-electron chi connectivity index (χ2n) is 3.97. The van der Waals surface area contributed by atoms with Gasteiger partial charge in [-0.1, -0.05) is 12.1 Å². The molecular weight excluding hydrogens is 332 g/mol.